The first-order chi connectivity index (χ1) is 5.93. The molecular weight excluding hydrogens is 152 g/mol. The normalized spacial score (nSPS) is 15.0. The lowest BCUT2D eigenvalue weighted by atomic mass is 10.3. The van der Waals surface area contributed by atoms with Crippen LogP contribution in [0.25, 0.3) is 0 Å². The Morgan fingerprint density at radius 3 is 2.00 bits per heavy atom. The average Bonchev–Trinajstić information content (AvgIpc) is 2.10. The summed E-state index contributed by atoms with van der Waals surface area (Å²) < 4.78 is 4.89. The fourth-order valence-electron chi connectivity index (χ4n) is 0.524. The summed E-state index contributed by atoms with van der Waals surface area (Å²) in [5.41, 5.74) is 5.07. The van der Waals surface area contributed by atoms with E-state index in [1.165, 1.54) is 6.20 Å². The third-order valence-corrected chi connectivity index (χ3v) is 1.07. The van der Waals surface area contributed by atoms with Crippen LogP contribution >= 0.6 is 0 Å². The maximum Gasteiger partial charge on any atom is 0.0724 e. The highest BCUT2D eigenvalue weighted by molar-refractivity contribution is 4.82. The standard InChI is InChI=1S/C5H10N2O.2C2H6/c6-1-2-7-5-3-8-4-5;2*1-2/h1-2,5,7H,3-4,6H2;2*1-2H3/b2-1-;;. The number of rotatable bonds is 2. The van der Waals surface area contributed by atoms with Crippen molar-refractivity contribution in [1.82, 2.24) is 5.32 Å². The lowest BCUT2D eigenvalue weighted by molar-refractivity contribution is 0.000749. The zero-order valence-electron chi connectivity index (χ0n) is 8.63. The molecule has 3 N–H and O–H groups in total. The van der Waals surface area contributed by atoms with E-state index in [0.717, 1.165) is 13.2 Å². The molecule has 12 heavy (non-hydrogen) atoms. The second kappa shape index (κ2) is 12.9. The minimum atomic E-state index is 0.495. The Kier molecular flexibility index (Phi) is 14.9. The van der Waals surface area contributed by atoms with E-state index in [2.05, 4.69) is 5.32 Å². The second-order valence-corrected chi connectivity index (χ2v) is 1.76. The highest BCUT2D eigenvalue weighted by Gasteiger charge is 2.14. The van der Waals surface area contributed by atoms with Crippen molar-refractivity contribution in [2.45, 2.75) is 33.7 Å². The molecule has 1 aliphatic rings. The van der Waals surface area contributed by atoms with Gasteiger partial charge in [-0.05, 0) is 0 Å². The number of ether oxygens (including phenoxy) is 1. The summed E-state index contributed by atoms with van der Waals surface area (Å²) in [4.78, 5) is 0. The van der Waals surface area contributed by atoms with E-state index in [9.17, 15) is 0 Å². The van der Waals surface area contributed by atoms with E-state index in [1.54, 1.807) is 6.20 Å². The first-order valence-corrected chi connectivity index (χ1v) is 4.64. The van der Waals surface area contributed by atoms with Crippen LogP contribution < -0.4 is 11.1 Å². The van der Waals surface area contributed by atoms with Crippen LogP contribution in [0.5, 0.6) is 0 Å². The van der Waals surface area contributed by atoms with Crippen molar-refractivity contribution in [2.24, 2.45) is 5.73 Å². The molecule has 0 unspecified atom stereocenters. The van der Waals surface area contributed by atoms with Crippen LogP contribution in [-0.4, -0.2) is 19.3 Å². The second-order valence-electron chi connectivity index (χ2n) is 1.76. The van der Waals surface area contributed by atoms with E-state index < -0.39 is 0 Å². The fourth-order valence-corrected chi connectivity index (χ4v) is 0.524. The molecule has 0 aromatic heterocycles. The van der Waals surface area contributed by atoms with Crippen LogP contribution in [0.1, 0.15) is 27.7 Å². The predicted octanol–water partition coefficient (Wildman–Crippen LogP) is 1.46. The van der Waals surface area contributed by atoms with Gasteiger partial charge in [-0.15, -0.1) is 0 Å². The molecule has 1 heterocycles. The zero-order chi connectivity index (χ0) is 9.82. The molecule has 74 valence electrons. The van der Waals surface area contributed by atoms with Gasteiger partial charge in [-0.1, -0.05) is 27.7 Å². The van der Waals surface area contributed by atoms with Gasteiger partial charge in [0.05, 0.1) is 19.3 Å². The smallest absolute Gasteiger partial charge is 0.0724 e. The van der Waals surface area contributed by atoms with Crippen molar-refractivity contribution in [2.75, 3.05) is 13.2 Å². The Bertz CT molecular complexity index is 90.5. The molecule has 0 saturated carbocycles. The van der Waals surface area contributed by atoms with Gasteiger partial charge >= 0.3 is 0 Å². The number of hydrogen-bond donors (Lipinski definition) is 2. The van der Waals surface area contributed by atoms with Gasteiger partial charge in [-0.2, -0.15) is 0 Å². The lowest BCUT2D eigenvalue weighted by Crippen LogP contribution is -2.43. The Morgan fingerprint density at radius 1 is 1.25 bits per heavy atom. The fraction of sp³-hybridized carbons (Fsp3) is 0.778. The maximum atomic E-state index is 5.07. The van der Waals surface area contributed by atoms with Crippen LogP contribution in [0.3, 0.4) is 0 Å². The molecule has 3 heteroatoms. The third-order valence-electron chi connectivity index (χ3n) is 1.07. The largest absolute Gasteiger partial charge is 0.403 e. The first kappa shape index (κ1) is 13.9. The van der Waals surface area contributed by atoms with Crippen molar-refractivity contribution in [3.63, 3.8) is 0 Å². The highest BCUT2D eigenvalue weighted by atomic mass is 16.5. The topological polar surface area (TPSA) is 47.3 Å². The molecule has 0 aliphatic carbocycles. The molecule has 0 bridgehead atoms. The Morgan fingerprint density at radius 2 is 1.75 bits per heavy atom. The molecule has 0 spiro atoms. The third kappa shape index (κ3) is 7.41. The molecule has 0 aromatic rings. The van der Waals surface area contributed by atoms with Gasteiger partial charge < -0.3 is 15.8 Å². The van der Waals surface area contributed by atoms with Crippen molar-refractivity contribution in [1.29, 1.82) is 0 Å². The number of nitrogens with two attached hydrogens (primary N) is 1. The monoisotopic (exact) mass is 174 g/mol. The van der Waals surface area contributed by atoms with E-state index in [-0.39, 0.29) is 0 Å². The first-order valence-electron chi connectivity index (χ1n) is 4.64. The summed E-state index contributed by atoms with van der Waals surface area (Å²) in [6.45, 7) is 9.62. The molecule has 0 amide bonds. The van der Waals surface area contributed by atoms with Crippen molar-refractivity contribution < 1.29 is 4.74 Å². The van der Waals surface area contributed by atoms with Crippen LogP contribution in [-0.2, 0) is 4.74 Å². The highest BCUT2D eigenvalue weighted by Crippen LogP contribution is 1.97. The zero-order valence-corrected chi connectivity index (χ0v) is 8.63. The minimum absolute atomic E-state index is 0.495. The van der Waals surface area contributed by atoms with Crippen LogP contribution in [0.4, 0.5) is 0 Å². The van der Waals surface area contributed by atoms with E-state index in [0.29, 0.717) is 6.04 Å². The van der Waals surface area contributed by atoms with Crippen molar-refractivity contribution >= 4 is 0 Å². The van der Waals surface area contributed by atoms with Crippen LogP contribution in [0.2, 0.25) is 0 Å². The molecule has 1 aliphatic heterocycles. The maximum absolute atomic E-state index is 5.07. The summed E-state index contributed by atoms with van der Waals surface area (Å²) in [6, 6.07) is 0.495. The van der Waals surface area contributed by atoms with Gasteiger partial charge in [0.25, 0.3) is 0 Å². The summed E-state index contributed by atoms with van der Waals surface area (Å²) in [5.74, 6) is 0. The molecule has 0 radical (unpaired) electrons. The van der Waals surface area contributed by atoms with Crippen LogP contribution in [0, 0.1) is 0 Å². The predicted molar refractivity (Wildman–Crippen MR) is 53.8 cm³/mol. The molecule has 1 saturated heterocycles. The number of nitrogens with one attached hydrogen (secondary N) is 1. The van der Waals surface area contributed by atoms with Crippen molar-refractivity contribution in [3.8, 4) is 0 Å². The average molecular weight is 174 g/mol. The number of hydrogen-bond acceptors (Lipinski definition) is 3. The van der Waals surface area contributed by atoms with E-state index in [1.807, 2.05) is 27.7 Å². The molecule has 0 aromatic carbocycles. The minimum Gasteiger partial charge on any atom is -0.403 e. The summed E-state index contributed by atoms with van der Waals surface area (Å²) in [5, 5.41) is 3.04. The van der Waals surface area contributed by atoms with Gasteiger partial charge in [-0.3, -0.25) is 0 Å². The Labute approximate surface area is 76.0 Å². The van der Waals surface area contributed by atoms with Gasteiger partial charge in [-0.25, -0.2) is 0 Å². The van der Waals surface area contributed by atoms with Gasteiger partial charge in [0, 0.05) is 12.4 Å². The molecule has 1 fully saturated rings. The van der Waals surface area contributed by atoms with Gasteiger partial charge in [0.15, 0.2) is 0 Å². The summed E-state index contributed by atoms with van der Waals surface area (Å²) in [6.07, 6.45) is 3.21. The Hall–Kier alpha value is -0.700. The van der Waals surface area contributed by atoms with Gasteiger partial charge in [0.1, 0.15) is 0 Å². The summed E-state index contributed by atoms with van der Waals surface area (Å²) >= 11 is 0. The Balaban J connectivity index is 0. The summed E-state index contributed by atoms with van der Waals surface area (Å²) in [7, 11) is 0. The molecule has 3 nitrogen and oxygen atoms in total. The molecular formula is C9H22N2O. The van der Waals surface area contributed by atoms with Crippen molar-refractivity contribution in [3.05, 3.63) is 12.4 Å². The quantitative estimate of drug-likeness (QED) is 0.666. The SMILES string of the molecule is CC.CC.N/C=C\NC1COC1. The van der Waals surface area contributed by atoms with Gasteiger partial charge in [0.2, 0.25) is 0 Å². The lowest BCUT2D eigenvalue weighted by Gasteiger charge is -2.25. The van der Waals surface area contributed by atoms with E-state index >= 15 is 0 Å². The van der Waals surface area contributed by atoms with E-state index in [4.69, 9.17) is 10.5 Å². The molecule has 0 atom stereocenters. The van der Waals surface area contributed by atoms with Crippen LogP contribution in [0.15, 0.2) is 12.4 Å². The molecule has 1 rings (SSSR count).